The summed E-state index contributed by atoms with van der Waals surface area (Å²) in [5.74, 6) is 0.937. The summed E-state index contributed by atoms with van der Waals surface area (Å²) in [5, 5.41) is 0. The van der Waals surface area contributed by atoms with E-state index in [1.807, 2.05) is 36.6 Å². The average Bonchev–Trinajstić information content (AvgIpc) is 3.07. The Bertz CT molecular complexity index is 1110. The van der Waals surface area contributed by atoms with E-state index in [1.54, 1.807) is 24.3 Å². The van der Waals surface area contributed by atoms with Crippen molar-refractivity contribution < 1.29 is 12.8 Å². The van der Waals surface area contributed by atoms with Gasteiger partial charge in [-0.2, -0.15) is 12.7 Å². The predicted octanol–water partition coefficient (Wildman–Crippen LogP) is 4.16. The first-order valence-corrected chi connectivity index (χ1v) is 11.4. The molecule has 158 valence electrons. The lowest BCUT2D eigenvalue weighted by Crippen LogP contribution is -2.41. The van der Waals surface area contributed by atoms with Crippen molar-refractivity contribution in [2.24, 2.45) is 0 Å². The molecule has 1 aromatic carbocycles. The molecule has 3 heterocycles. The van der Waals surface area contributed by atoms with Crippen molar-refractivity contribution in [3.05, 3.63) is 77.4 Å². The van der Waals surface area contributed by atoms with Crippen LogP contribution in [0.25, 0.3) is 5.82 Å². The molecular formula is C22H25FN4O2S. The molecular weight excluding hydrogens is 403 g/mol. The van der Waals surface area contributed by atoms with Crippen molar-refractivity contribution in [3.8, 4) is 5.82 Å². The number of piperidine rings is 1. The fourth-order valence-corrected chi connectivity index (χ4v) is 5.19. The van der Waals surface area contributed by atoms with Crippen molar-refractivity contribution >= 4 is 16.0 Å². The molecule has 0 aliphatic carbocycles. The SMILES string of the molecule is Cc1ccc(C)n1-c1cccc(NS(=O)(=O)N2CCC(c3ccc(F)cc3)CC2)n1. The molecule has 4 rings (SSSR count). The van der Waals surface area contributed by atoms with Crippen molar-refractivity contribution in [1.29, 1.82) is 0 Å². The van der Waals surface area contributed by atoms with Gasteiger partial charge in [-0.1, -0.05) is 18.2 Å². The molecule has 0 bridgehead atoms. The number of hydrogen-bond acceptors (Lipinski definition) is 3. The summed E-state index contributed by atoms with van der Waals surface area (Å²) in [5.41, 5.74) is 3.11. The molecule has 6 nitrogen and oxygen atoms in total. The molecule has 1 N–H and O–H groups in total. The number of hydrogen-bond donors (Lipinski definition) is 1. The quantitative estimate of drug-likeness (QED) is 0.663. The van der Waals surface area contributed by atoms with Gasteiger partial charge in [-0.25, -0.2) is 9.37 Å². The Hall–Kier alpha value is -2.71. The molecule has 1 aliphatic rings. The molecule has 0 radical (unpaired) electrons. The van der Waals surface area contributed by atoms with Crippen LogP contribution in [-0.4, -0.2) is 35.4 Å². The van der Waals surface area contributed by atoms with Crippen molar-refractivity contribution in [3.63, 3.8) is 0 Å². The van der Waals surface area contributed by atoms with E-state index in [4.69, 9.17) is 0 Å². The molecule has 2 aromatic heterocycles. The fraction of sp³-hybridized carbons (Fsp3) is 0.318. The van der Waals surface area contributed by atoms with Gasteiger partial charge in [-0.05, 0) is 74.6 Å². The van der Waals surface area contributed by atoms with Gasteiger partial charge >= 0.3 is 10.2 Å². The average molecular weight is 429 g/mol. The van der Waals surface area contributed by atoms with E-state index in [-0.39, 0.29) is 11.7 Å². The first kappa shape index (κ1) is 20.6. The van der Waals surface area contributed by atoms with E-state index in [0.29, 0.717) is 37.6 Å². The fourth-order valence-electron chi connectivity index (χ4n) is 4.00. The second kappa shape index (κ2) is 8.20. The van der Waals surface area contributed by atoms with E-state index in [9.17, 15) is 12.8 Å². The maximum atomic E-state index is 13.1. The minimum absolute atomic E-state index is 0.234. The molecule has 3 aromatic rings. The second-order valence-electron chi connectivity index (χ2n) is 7.66. The summed E-state index contributed by atoms with van der Waals surface area (Å²) < 4.78 is 45.0. The van der Waals surface area contributed by atoms with Gasteiger partial charge in [0, 0.05) is 24.5 Å². The van der Waals surface area contributed by atoms with Crippen LogP contribution in [0.1, 0.15) is 35.7 Å². The highest BCUT2D eigenvalue weighted by molar-refractivity contribution is 7.90. The number of halogens is 1. The zero-order valence-electron chi connectivity index (χ0n) is 17.0. The Labute approximate surface area is 176 Å². The summed E-state index contributed by atoms with van der Waals surface area (Å²) in [4.78, 5) is 4.50. The molecule has 0 saturated carbocycles. The van der Waals surface area contributed by atoms with Crippen LogP contribution in [0, 0.1) is 19.7 Å². The lowest BCUT2D eigenvalue weighted by Gasteiger charge is -2.31. The predicted molar refractivity (Wildman–Crippen MR) is 116 cm³/mol. The van der Waals surface area contributed by atoms with E-state index < -0.39 is 10.2 Å². The standard InChI is InChI=1S/C22H25FN4O2S/c1-16-6-7-17(2)27(16)22-5-3-4-21(24-22)25-30(28,29)26-14-12-19(13-15-26)18-8-10-20(23)11-9-18/h3-11,19H,12-15H2,1-2H3,(H,24,25). The molecule has 1 aliphatic heterocycles. The van der Waals surface area contributed by atoms with E-state index in [1.165, 1.54) is 16.4 Å². The highest BCUT2D eigenvalue weighted by Crippen LogP contribution is 2.29. The highest BCUT2D eigenvalue weighted by atomic mass is 32.2. The number of pyridine rings is 1. The number of rotatable bonds is 5. The number of nitrogens with zero attached hydrogens (tertiary/aromatic N) is 3. The minimum Gasteiger partial charge on any atom is -0.303 e. The summed E-state index contributed by atoms with van der Waals surface area (Å²) in [6, 6.07) is 15.8. The number of benzene rings is 1. The Kier molecular flexibility index (Phi) is 5.62. The Morgan fingerprint density at radius 1 is 0.967 bits per heavy atom. The Morgan fingerprint density at radius 2 is 1.60 bits per heavy atom. The smallest absolute Gasteiger partial charge is 0.302 e. The van der Waals surface area contributed by atoms with Crippen LogP contribution in [0.15, 0.2) is 54.6 Å². The number of anilines is 1. The van der Waals surface area contributed by atoms with Crippen LogP contribution in [0.4, 0.5) is 10.2 Å². The third kappa shape index (κ3) is 4.24. The van der Waals surface area contributed by atoms with Crippen LogP contribution in [0.2, 0.25) is 0 Å². The molecule has 8 heteroatoms. The minimum atomic E-state index is -3.70. The second-order valence-corrected chi connectivity index (χ2v) is 9.34. The van der Waals surface area contributed by atoms with Gasteiger partial charge in [-0.3, -0.25) is 4.72 Å². The van der Waals surface area contributed by atoms with Gasteiger partial charge in [0.2, 0.25) is 0 Å². The lowest BCUT2D eigenvalue weighted by molar-refractivity contribution is 0.321. The molecule has 0 unspecified atom stereocenters. The van der Waals surface area contributed by atoms with Crippen molar-refractivity contribution in [1.82, 2.24) is 13.9 Å². The maximum Gasteiger partial charge on any atom is 0.302 e. The zero-order chi connectivity index (χ0) is 21.3. The van der Waals surface area contributed by atoms with Gasteiger partial charge in [0.1, 0.15) is 17.5 Å². The van der Waals surface area contributed by atoms with Gasteiger partial charge in [0.15, 0.2) is 0 Å². The molecule has 0 amide bonds. The van der Waals surface area contributed by atoms with Gasteiger partial charge in [-0.15, -0.1) is 0 Å². The molecule has 30 heavy (non-hydrogen) atoms. The summed E-state index contributed by atoms with van der Waals surface area (Å²) >= 11 is 0. The van der Waals surface area contributed by atoms with Crippen LogP contribution in [-0.2, 0) is 10.2 Å². The summed E-state index contributed by atoms with van der Waals surface area (Å²) in [6.45, 7) is 4.79. The maximum absolute atomic E-state index is 13.1. The number of nitrogens with one attached hydrogen (secondary N) is 1. The van der Waals surface area contributed by atoms with Crippen molar-refractivity contribution in [2.45, 2.75) is 32.6 Å². The molecule has 0 atom stereocenters. The van der Waals surface area contributed by atoms with E-state index in [0.717, 1.165) is 17.0 Å². The largest absolute Gasteiger partial charge is 0.303 e. The first-order chi connectivity index (χ1) is 14.3. The number of aryl methyl sites for hydroxylation is 2. The van der Waals surface area contributed by atoms with Gasteiger partial charge < -0.3 is 4.57 Å². The normalized spacial score (nSPS) is 16.0. The van der Waals surface area contributed by atoms with Crippen LogP contribution in [0.5, 0.6) is 0 Å². The summed E-state index contributed by atoms with van der Waals surface area (Å²) in [6.07, 6.45) is 1.39. The number of aromatic nitrogens is 2. The van der Waals surface area contributed by atoms with Crippen LogP contribution < -0.4 is 4.72 Å². The first-order valence-electron chi connectivity index (χ1n) is 9.99. The highest BCUT2D eigenvalue weighted by Gasteiger charge is 2.29. The van der Waals surface area contributed by atoms with Gasteiger partial charge in [0.25, 0.3) is 0 Å². The topological polar surface area (TPSA) is 67.2 Å². The Morgan fingerprint density at radius 3 is 2.23 bits per heavy atom. The van der Waals surface area contributed by atoms with Crippen LogP contribution >= 0.6 is 0 Å². The Balaban J connectivity index is 1.45. The van der Waals surface area contributed by atoms with Crippen molar-refractivity contribution in [2.75, 3.05) is 17.8 Å². The van der Waals surface area contributed by atoms with E-state index >= 15 is 0 Å². The zero-order valence-corrected chi connectivity index (χ0v) is 17.9. The lowest BCUT2D eigenvalue weighted by atomic mass is 9.90. The molecule has 0 spiro atoms. The third-order valence-corrected chi connectivity index (χ3v) is 7.12. The summed E-state index contributed by atoms with van der Waals surface area (Å²) in [7, 11) is -3.70. The van der Waals surface area contributed by atoms with Crippen LogP contribution in [0.3, 0.4) is 0 Å². The molecule has 1 fully saturated rings. The molecule has 1 saturated heterocycles. The van der Waals surface area contributed by atoms with Gasteiger partial charge in [0.05, 0.1) is 0 Å². The monoisotopic (exact) mass is 428 g/mol. The van der Waals surface area contributed by atoms with E-state index in [2.05, 4.69) is 9.71 Å². The third-order valence-electron chi connectivity index (χ3n) is 5.60.